The first-order chi connectivity index (χ1) is 10.8. The van der Waals surface area contributed by atoms with Gasteiger partial charge in [0.25, 0.3) is 10.0 Å². The Hall–Kier alpha value is -2.54. The van der Waals surface area contributed by atoms with Crippen molar-refractivity contribution >= 4 is 26.7 Å². The van der Waals surface area contributed by atoms with Gasteiger partial charge in [-0.3, -0.25) is 4.72 Å². The van der Waals surface area contributed by atoms with Crippen molar-refractivity contribution in [1.29, 1.82) is 0 Å². The summed E-state index contributed by atoms with van der Waals surface area (Å²) in [6, 6.07) is 8.64. The molecule has 3 rings (SSSR count). The molecule has 3 aromatic rings. The maximum absolute atomic E-state index is 12.7. The van der Waals surface area contributed by atoms with Crippen molar-refractivity contribution in [3.05, 3.63) is 57.5 Å². The summed E-state index contributed by atoms with van der Waals surface area (Å²) in [7, 11) is -3.70. The standard InChI is InChI=1S/C16H17N3O3S/c1-9-4-5-10(2)15(6-9)23(21,22)19-12-8-14-13(7-11(12)3)17-16(20)18-14/h4-8,19H,1-3H3,(H2,17,18,20). The Bertz CT molecular complexity index is 1060. The molecule has 0 saturated carbocycles. The number of rotatable bonds is 3. The fourth-order valence-corrected chi connectivity index (χ4v) is 3.95. The normalized spacial score (nSPS) is 11.8. The first-order valence-corrected chi connectivity index (χ1v) is 8.57. The lowest BCUT2D eigenvalue weighted by atomic mass is 10.2. The van der Waals surface area contributed by atoms with Crippen LogP contribution in [0.4, 0.5) is 5.69 Å². The Morgan fingerprint density at radius 1 is 0.913 bits per heavy atom. The van der Waals surface area contributed by atoms with Crippen molar-refractivity contribution in [2.75, 3.05) is 4.72 Å². The number of aromatic amines is 2. The smallest absolute Gasteiger partial charge is 0.306 e. The Balaban J connectivity index is 2.08. The average Bonchev–Trinajstić information content (AvgIpc) is 2.80. The summed E-state index contributed by atoms with van der Waals surface area (Å²) >= 11 is 0. The lowest BCUT2D eigenvalue weighted by molar-refractivity contribution is 0.600. The summed E-state index contributed by atoms with van der Waals surface area (Å²) in [5.41, 5.74) is 3.58. The highest BCUT2D eigenvalue weighted by molar-refractivity contribution is 7.92. The minimum Gasteiger partial charge on any atom is -0.306 e. The van der Waals surface area contributed by atoms with Crippen LogP contribution >= 0.6 is 0 Å². The van der Waals surface area contributed by atoms with Crippen LogP contribution in [0.25, 0.3) is 11.0 Å². The van der Waals surface area contributed by atoms with Crippen LogP contribution in [0.15, 0.2) is 40.0 Å². The van der Waals surface area contributed by atoms with Crippen LogP contribution < -0.4 is 10.4 Å². The van der Waals surface area contributed by atoms with Gasteiger partial charge in [0.15, 0.2) is 0 Å². The summed E-state index contributed by atoms with van der Waals surface area (Å²) in [6.07, 6.45) is 0. The molecule has 0 fully saturated rings. The van der Waals surface area contributed by atoms with Gasteiger partial charge in [-0.15, -0.1) is 0 Å². The Morgan fingerprint density at radius 3 is 2.26 bits per heavy atom. The molecule has 7 heteroatoms. The zero-order valence-corrected chi connectivity index (χ0v) is 13.8. The number of hydrogen-bond donors (Lipinski definition) is 3. The van der Waals surface area contributed by atoms with Crippen molar-refractivity contribution in [3.63, 3.8) is 0 Å². The van der Waals surface area contributed by atoms with E-state index in [4.69, 9.17) is 0 Å². The van der Waals surface area contributed by atoms with E-state index < -0.39 is 10.0 Å². The highest BCUT2D eigenvalue weighted by Gasteiger charge is 2.18. The molecule has 0 amide bonds. The number of fused-ring (bicyclic) bond motifs is 1. The molecule has 2 aromatic carbocycles. The van der Waals surface area contributed by atoms with Gasteiger partial charge < -0.3 is 9.97 Å². The second kappa shape index (κ2) is 5.27. The third kappa shape index (κ3) is 2.87. The van der Waals surface area contributed by atoms with Gasteiger partial charge >= 0.3 is 5.69 Å². The molecule has 1 aromatic heterocycles. The Morgan fingerprint density at radius 2 is 1.57 bits per heavy atom. The van der Waals surface area contributed by atoms with Crippen LogP contribution in [0.5, 0.6) is 0 Å². The van der Waals surface area contributed by atoms with E-state index in [1.54, 1.807) is 38.1 Å². The van der Waals surface area contributed by atoms with Gasteiger partial charge in [0.05, 0.1) is 21.6 Å². The number of hydrogen-bond acceptors (Lipinski definition) is 3. The zero-order valence-electron chi connectivity index (χ0n) is 13.0. The summed E-state index contributed by atoms with van der Waals surface area (Å²) in [5.74, 6) is 0. The van der Waals surface area contributed by atoms with Crippen LogP contribution in [0.1, 0.15) is 16.7 Å². The largest absolute Gasteiger partial charge is 0.323 e. The highest BCUT2D eigenvalue weighted by Crippen LogP contribution is 2.25. The number of aromatic nitrogens is 2. The summed E-state index contributed by atoms with van der Waals surface area (Å²) < 4.78 is 28.0. The van der Waals surface area contributed by atoms with E-state index in [2.05, 4.69) is 14.7 Å². The molecule has 0 radical (unpaired) electrons. The minimum absolute atomic E-state index is 0.250. The summed E-state index contributed by atoms with van der Waals surface area (Å²) in [5, 5.41) is 0. The van der Waals surface area contributed by atoms with Crippen LogP contribution in [0.3, 0.4) is 0 Å². The van der Waals surface area contributed by atoms with Crippen LogP contribution in [-0.2, 0) is 10.0 Å². The molecule has 0 atom stereocenters. The second-order valence-corrected chi connectivity index (χ2v) is 7.32. The van der Waals surface area contributed by atoms with Crippen LogP contribution in [-0.4, -0.2) is 18.4 Å². The van der Waals surface area contributed by atoms with E-state index in [1.165, 1.54) is 0 Å². The number of nitrogens with one attached hydrogen (secondary N) is 3. The van der Waals surface area contributed by atoms with Crippen LogP contribution in [0.2, 0.25) is 0 Å². The molecule has 1 heterocycles. The number of aryl methyl sites for hydroxylation is 3. The molecule has 23 heavy (non-hydrogen) atoms. The fourth-order valence-electron chi connectivity index (χ4n) is 2.50. The van der Waals surface area contributed by atoms with Crippen molar-refractivity contribution in [2.45, 2.75) is 25.7 Å². The highest BCUT2D eigenvalue weighted by atomic mass is 32.2. The third-order valence-corrected chi connectivity index (χ3v) is 5.25. The van der Waals surface area contributed by atoms with Crippen LogP contribution in [0, 0.1) is 20.8 Å². The van der Waals surface area contributed by atoms with Crippen molar-refractivity contribution in [2.24, 2.45) is 0 Å². The van der Waals surface area contributed by atoms with Gasteiger partial charge in [0, 0.05) is 0 Å². The Labute approximate surface area is 133 Å². The second-order valence-electron chi connectivity index (χ2n) is 5.67. The quantitative estimate of drug-likeness (QED) is 0.688. The first kappa shape index (κ1) is 15.4. The predicted molar refractivity (Wildman–Crippen MR) is 90.4 cm³/mol. The van der Waals surface area contributed by atoms with Gasteiger partial charge in [-0.2, -0.15) is 0 Å². The first-order valence-electron chi connectivity index (χ1n) is 7.09. The lowest BCUT2D eigenvalue weighted by Gasteiger charge is -2.13. The lowest BCUT2D eigenvalue weighted by Crippen LogP contribution is -2.15. The van der Waals surface area contributed by atoms with Gasteiger partial charge in [0.2, 0.25) is 0 Å². The third-order valence-electron chi connectivity index (χ3n) is 3.74. The summed E-state index contributed by atoms with van der Waals surface area (Å²) in [6.45, 7) is 5.39. The van der Waals surface area contributed by atoms with E-state index in [0.717, 1.165) is 11.1 Å². The SMILES string of the molecule is Cc1ccc(C)c(S(=O)(=O)Nc2cc3[nH]c(=O)[nH]c3cc2C)c1. The predicted octanol–water partition coefficient (Wildman–Crippen LogP) is 2.58. The molecule has 0 aliphatic carbocycles. The van der Waals surface area contributed by atoms with Crippen molar-refractivity contribution in [3.8, 4) is 0 Å². The van der Waals surface area contributed by atoms with Gasteiger partial charge in [0.1, 0.15) is 0 Å². The van der Waals surface area contributed by atoms with E-state index in [1.807, 2.05) is 13.0 Å². The molecule has 0 spiro atoms. The topological polar surface area (TPSA) is 94.8 Å². The molecule has 0 unspecified atom stereocenters. The maximum atomic E-state index is 12.7. The van der Waals surface area contributed by atoms with Gasteiger partial charge in [-0.05, 0) is 55.7 Å². The molecule has 6 nitrogen and oxygen atoms in total. The molecule has 0 bridgehead atoms. The fraction of sp³-hybridized carbons (Fsp3) is 0.188. The molecule has 0 aliphatic rings. The van der Waals surface area contributed by atoms with Gasteiger partial charge in [-0.1, -0.05) is 12.1 Å². The molecule has 0 aliphatic heterocycles. The molecular formula is C16H17N3O3S. The number of anilines is 1. The average molecular weight is 331 g/mol. The van der Waals surface area contributed by atoms with E-state index in [-0.39, 0.29) is 10.6 Å². The Kier molecular flexibility index (Phi) is 3.52. The molecule has 0 saturated heterocycles. The maximum Gasteiger partial charge on any atom is 0.323 e. The number of sulfonamides is 1. The number of benzene rings is 2. The van der Waals surface area contributed by atoms with E-state index in [0.29, 0.717) is 22.3 Å². The zero-order chi connectivity index (χ0) is 16.8. The number of H-pyrrole nitrogens is 2. The van der Waals surface area contributed by atoms with E-state index >= 15 is 0 Å². The molecule has 3 N–H and O–H groups in total. The van der Waals surface area contributed by atoms with E-state index in [9.17, 15) is 13.2 Å². The molecular weight excluding hydrogens is 314 g/mol. The number of imidazole rings is 1. The summed E-state index contributed by atoms with van der Waals surface area (Å²) in [4.78, 5) is 16.9. The van der Waals surface area contributed by atoms with Gasteiger partial charge in [-0.25, -0.2) is 13.2 Å². The van der Waals surface area contributed by atoms with Crippen molar-refractivity contribution in [1.82, 2.24) is 9.97 Å². The monoisotopic (exact) mass is 331 g/mol. The van der Waals surface area contributed by atoms with Crippen molar-refractivity contribution < 1.29 is 8.42 Å². The molecule has 120 valence electrons. The minimum atomic E-state index is -3.70.